The number of benzene rings is 1. The van der Waals surface area contributed by atoms with Crippen LogP contribution in [0.25, 0.3) is 0 Å². The molecular weight excluding hydrogens is 430 g/mol. The second-order valence-electron chi connectivity index (χ2n) is 9.59. The van der Waals surface area contributed by atoms with Crippen molar-refractivity contribution >= 4 is 17.4 Å². The summed E-state index contributed by atoms with van der Waals surface area (Å²) in [5.74, 6) is 2.24. The van der Waals surface area contributed by atoms with E-state index in [1.165, 1.54) is 28.9 Å². The topological polar surface area (TPSA) is 44.3 Å². The number of halogens is 1. The van der Waals surface area contributed by atoms with Crippen LogP contribution in [-0.4, -0.2) is 53.6 Å². The molecule has 1 aromatic carbocycles. The van der Waals surface area contributed by atoms with Crippen molar-refractivity contribution in [1.29, 1.82) is 0 Å². The summed E-state index contributed by atoms with van der Waals surface area (Å²) in [6.45, 7) is 20.3. The SMILES string of the molecule is C=C(Cc1ccc(Cl)cc1)N1CCN(c2ncnc3c2C(C)C[C@H]3C)CC1.CCNC(C)C. The lowest BCUT2D eigenvalue weighted by Gasteiger charge is -2.38. The van der Waals surface area contributed by atoms with E-state index in [1.807, 2.05) is 12.1 Å². The fraction of sp³-hybridized carbons (Fsp3) is 0.556. The molecule has 1 saturated heterocycles. The zero-order valence-corrected chi connectivity index (χ0v) is 21.7. The summed E-state index contributed by atoms with van der Waals surface area (Å²) in [7, 11) is 0. The second-order valence-corrected chi connectivity index (χ2v) is 10.0. The third kappa shape index (κ3) is 6.70. The molecule has 1 N–H and O–H groups in total. The van der Waals surface area contributed by atoms with Gasteiger partial charge < -0.3 is 15.1 Å². The van der Waals surface area contributed by atoms with Gasteiger partial charge in [0.2, 0.25) is 0 Å². The monoisotopic (exact) mass is 469 g/mol. The van der Waals surface area contributed by atoms with E-state index in [1.54, 1.807) is 6.33 Å². The summed E-state index contributed by atoms with van der Waals surface area (Å²) in [5.41, 5.74) is 5.05. The predicted molar refractivity (Wildman–Crippen MR) is 140 cm³/mol. The Hall–Kier alpha value is -2.11. The van der Waals surface area contributed by atoms with Gasteiger partial charge in [0.1, 0.15) is 12.1 Å². The van der Waals surface area contributed by atoms with Crippen molar-refractivity contribution in [1.82, 2.24) is 20.2 Å². The maximum Gasteiger partial charge on any atom is 0.135 e. The van der Waals surface area contributed by atoms with Crippen LogP contribution in [0.2, 0.25) is 5.02 Å². The van der Waals surface area contributed by atoms with Crippen molar-refractivity contribution in [3.63, 3.8) is 0 Å². The Bertz CT molecular complexity index is 903. The Kier molecular flexibility index (Phi) is 9.16. The van der Waals surface area contributed by atoms with E-state index in [0.29, 0.717) is 17.9 Å². The van der Waals surface area contributed by atoms with Gasteiger partial charge in [-0.2, -0.15) is 0 Å². The van der Waals surface area contributed by atoms with E-state index in [2.05, 4.69) is 78.4 Å². The molecule has 1 unspecified atom stereocenters. The van der Waals surface area contributed by atoms with Crippen LogP contribution in [0.15, 0.2) is 42.9 Å². The van der Waals surface area contributed by atoms with Crippen LogP contribution in [0.4, 0.5) is 5.82 Å². The van der Waals surface area contributed by atoms with Gasteiger partial charge in [-0.1, -0.05) is 64.9 Å². The summed E-state index contributed by atoms with van der Waals surface area (Å²) in [4.78, 5) is 14.1. The first-order valence-electron chi connectivity index (χ1n) is 12.3. The molecule has 4 rings (SSSR count). The third-order valence-electron chi connectivity index (χ3n) is 6.52. The van der Waals surface area contributed by atoms with Crippen molar-refractivity contribution < 1.29 is 0 Å². The lowest BCUT2D eigenvalue weighted by atomic mass is 10.0. The lowest BCUT2D eigenvalue weighted by Crippen LogP contribution is -2.46. The molecule has 0 saturated carbocycles. The Morgan fingerprint density at radius 2 is 1.76 bits per heavy atom. The van der Waals surface area contributed by atoms with Crippen LogP contribution in [-0.2, 0) is 6.42 Å². The van der Waals surface area contributed by atoms with E-state index in [4.69, 9.17) is 11.6 Å². The highest BCUT2D eigenvalue weighted by Gasteiger charge is 2.32. The van der Waals surface area contributed by atoms with Crippen LogP contribution in [0.5, 0.6) is 0 Å². The number of anilines is 1. The Morgan fingerprint density at radius 3 is 2.33 bits per heavy atom. The first-order valence-corrected chi connectivity index (χ1v) is 12.7. The van der Waals surface area contributed by atoms with E-state index in [0.717, 1.165) is 50.0 Å². The normalized spacial score (nSPS) is 19.8. The average Bonchev–Trinajstić information content (AvgIpc) is 3.09. The molecule has 2 atom stereocenters. The zero-order chi connectivity index (χ0) is 24.0. The van der Waals surface area contributed by atoms with Crippen LogP contribution < -0.4 is 10.2 Å². The van der Waals surface area contributed by atoms with Crippen molar-refractivity contribution in [2.45, 2.75) is 65.3 Å². The summed E-state index contributed by atoms with van der Waals surface area (Å²) < 4.78 is 0. The van der Waals surface area contributed by atoms with Gasteiger partial charge in [0, 0.05) is 54.9 Å². The number of aromatic nitrogens is 2. The summed E-state index contributed by atoms with van der Waals surface area (Å²) in [6.07, 6.45) is 3.79. The quantitative estimate of drug-likeness (QED) is 0.594. The predicted octanol–water partition coefficient (Wildman–Crippen LogP) is 5.62. The fourth-order valence-corrected chi connectivity index (χ4v) is 5.00. The van der Waals surface area contributed by atoms with Gasteiger partial charge in [0.05, 0.1) is 5.69 Å². The van der Waals surface area contributed by atoms with Crippen LogP contribution in [0.3, 0.4) is 0 Å². The highest BCUT2D eigenvalue weighted by Crippen LogP contribution is 2.43. The highest BCUT2D eigenvalue weighted by molar-refractivity contribution is 6.30. The molecule has 1 fully saturated rings. The van der Waals surface area contributed by atoms with Crippen molar-refractivity contribution in [3.05, 3.63) is 64.7 Å². The molecule has 0 bridgehead atoms. The first kappa shape index (κ1) is 25.5. The molecule has 33 heavy (non-hydrogen) atoms. The van der Waals surface area contributed by atoms with Gasteiger partial charge in [-0.25, -0.2) is 9.97 Å². The maximum absolute atomic E-state index is 5.98. The van der Waals surface area contributed by atoms with Crippen molar-refractivity contribution in [2.24, 2.45) is 0 Å². The van der Waals surface area contributed by atoms with E-state index in [9.17, 15) is 0 Å². The summed E-state index contributed by atoms with van der Waals surface area (Å²) >= 11 is 5.98. The molecule has 1 aliphatic carbocycles. The number of nitrogens with one attached hydrogen (secondary N) is 1. The molecule has 0 radical (unpaired) electrons. The molecule has 1 aromatic heterocycles. The minimum atomic E-state index is 0.539. The molecule has 0 amide bonds. The van der Waals surface area contributed by atoms with Gasteiger partial charge in [-0.3, -0.25) is 0 Å². The molecule has 5 nitrogen and oxygen atoms in total. The Balaban J connectivity index is 0.000000454. The van der Waals surface area contributed by atoms with E-state index < -0.39 is 0 Å². The summed E-state index contributed by atoms with van der Waals surface area (Å²) in [5, 5.41) is 3.99. The molecule has 2 heterocycles. The Morgan fingerprint density at radius 1 is 1.09 bits per heavy atom. The highest BCUT2D eigenvalue weighted by atomic mass is 35.5. The number of fused-ring (bicyclic) bond motifs is 1. The van der Waals surface area contributed by atoms with Gasteiger partial charge in [0.25, 0.3) is 0 Å². The van der Waals surface area contributed by atoms with Gasteiger partial charge in [-0.15, -0.1) is 0 Å². The van der Waals surface area contributed by atoms with E-state index in [-0.39, 0.29) is 0 Å². The Labute approximate surface area is 205 Å². The molecule has 2 aromatic rings. The van der Waals surface area contributed by atoms with Crippen molar-refractivity contribution in [3.8, 4) is 0 Å². The van der Waals surface area contributed by atoms with Crippen LogP contribution in [0, 0.1) is 0 Å². The molecular formula is C27H40ClN5. The zero-order valence-electron chi connectivity index (χ0n) is 20.9. The van der Waals surface area contributed by atoms with Gasteiger partial charge in [0.15, 0.2) is 0 Å². The summed E-state index contributed by atoms with van der Waals surface area (Å²) in [6, 6.07) is 8.70. The fourth-order valence-electron chi connectivity index (χ4n) is 4.87. The second kappa shape index (κ2) is 11.8. The average molecular weight is 470 g/mol. The smallest absolute Gasteiger partial charge is 0.135 e. The number of nitrogens with zero attached hydrogens (tertiary/aromatic N) is 4. The van der Waals surface area contributed by atoms with E-state index >= 15 is 0 Å². The first-order chi connectivity index (χ1) is 15.8. The largest absolute Gasteiger partial charge is 0.371 e. The molecule has 2 aliphatic rings. The lowest BCUT2D eigenvalue weighted by molar-refractivity contribution is 0.315. The molecule has 1 aliphatic heterocycles. The minimum absolute atomic E-state index is 0.539. The molecule has 0 spiro atoms. The van der Waals surface area contributed by atoms with Gasteiger partial charge in [-0.05, 0) is 42.5 Å². The molecule has 180 valence electrons. The van der Waals surface area contributed by atoms with Crippen LogP contribution >= 0.6 is 11.6 Å². The number of rotatable bonds is 6. The number of piperazine rings is 1. The number of hydrogen-bond donors (Lipinski definition) is 1. The number of hydrogen-bond acceptors (Lipinski definition) is 5. The minimum Gasteiger partial charge on any atom is -0.371 e. The third-order valence-corrected chi connectivity index (χ3v) is 6.77. The van der Waals surface area contributed by atoms with Gasteiger partial charge >= 0.3 is 0 Å². The van der Waals surface area contributed by atoms with Crippen LogP contribution in [0.1, 0.15) is 69.7 Å². The standard InChI is InChI=1S/C22H27ClN4.C5H13N/c1-15-12-16(2)21-20(15)22(25-14-24-21)27-10-8-26(9-11-27)17(3)13-18-4-6-19(23)7-5-18;1-4-6-5(2)3/h4-7,14-16H,3,8-13H2,1-2H3;5-6H,4H2,1-3H3/t15?,16-;/m1./s1. The maximum atomic E-state index is 5.98. The number of allylic oxidation sites excluding steroid dienone is 1. The van der Waals surface area contributed by atoms with Crippen molar-refractivity contribution in [2.75, 3.05) is 37.6 Å². The molecule has 6 heteroatoms.